The number of benzene rings is 1. The average Bonchev–Trinajstić information content (AvgIpc) is 2.74. The summed E-state index contributed by atoms with van der Waals surface area (Å²) in [7, 11) is 3.32. The molecule has 0 unspecified atom stereocenters. The number of H-pyrrole nitrogens is 1. The predicted octanol–water partition coefficient (Wildman–Crippen LogP) is 2.32. The Hall–Kier alpha value is -2.67. The number of aromatic amines is 1. The molecule has 1 aromatic heterocycles. The fourth-order valence-electron chi connectivity index (χ4n) is 3.89. The summed E-state index contributed by atoms with van der Waals surface area (Å²) in [5, 5.41) is 0. The highest BCUT2D eigenvalue weighted by Gasteiger charge is 2.23. The van der Waals surface area contributed by atoms with Gasteiger partial charge in [-0.05, 0) is 37.5 Å². The van der Waals surface area contributed by atoms with Gasteiger partial charge in [0.15, 0.2) is 5.82 Å². The summed E-state index contributed by atoms with van der Waals surface area (Å²) in [5.74, 6) is 2.28. The number of aliphatic imine (C=N–C) groups is 1. The van der Waals surface area contributed by atoms with Gasteiger partial charge in [-0.3, -0.25) is 14.7 Å². The van der Waals surface area contributed by atoms with Gasteiger partial charge >= 0.3 is 0 Å². The molecular weight excluding hydrogens is 356 g/mol. The summed E-state index contributed by atoms with van der Waals surface area (Å²) in [6.45, 7) is 2.93. The first-order valence-electron chi connectivity index (χ1n) is 9.77. The Kier molecular flexibility index (Phi) is 5.43. The zero-order chi connectivity index (χ0) is 19.5. The molecule has 7 nitrogen and oxygen atoms in total. The lowest BCUT2D eigenvalue weighted by atomic mass is 10.0. The molecule has 7 heteroatoms. The Balaban J connectivity index is 1.56. The minimum absolute atomic E-state index is 0.0458. The van der Waals surface area contributed by atoms with Crippen molar-refractivity contribution in [2.45, 2.75) is 38.8 Å². The van der Waals surface area contributed by atoms with Gasteiger partial charge in [0.1, 0.15) is 11.5 Å². The third-order valence-electron chi connectivity index (χ3n) is 5.43. The van der Waals surface area contributed by atoms with E-state index in [1.807, 2.05) is 18.2 Å². The van der Waals surface area contributed by atoms with E-state index in [1.54, 1.807) is 14.2 Å². The molecule has 0 atom stereocenters. The number of hydrogen-bond acceptors (Lipinski definition) is 6. The van der Waals surface area contributed by atoms with Gasteiger partial charge in [-0.15, -0.1) is 0 Å². The molecule has 0 amide bonds. The van der Waals surface area contributed by atoms with Gasteiger partial charge in [0, 0.05) is 38.2 Å². The zero-order valence-electron chi connectivity index (χ0n) is 16.5. The van der Waals surface area contributed by atoms with Crippen molar-refractivity contribution in [3.05, 3.63) is 51.2 Å². The monoisotopic (exact) mass is 382 g/mol. The normalized spacial score (nSPS) is 17.0. The van der Waals surface area contributed by atoms with Gasteiger partial charge in [0.2, 0.25) is 0 Å². The van der Waals surface area contributed by atoms with Crippen molar-refractivity contribution in [1.29, 1.82) is 0 Å². The van der Waals surface area contributed by atoms with E-state index >= 15 is 0 Å². The molecule has 2 aliphatic rings. The molecule has 0 bridgehead atoms. The first-order chi connectivity index (χ1) is 13.7. The van der Waals surface area contributed by atoms with Crippen LogP contribution in [0.4, 0.5) is 0 Å². The number of nitrogens with zero attached hydrogens (tertiary/aromatic N) is 3. The van der Waals surface area contributed by atoms with Gasteiger partial charge in [-0.1, -0.05) is 0 Å². The Bertz CT molecular complexity index is 951. The first kappa shape index (κ1) is 18.7. The second-order valence-electron chi connectivity index (χ2n) is 7.26. The van der Waals surface area contributed by atoms with Gasteiger partial charge in [0.25, 0.3) is 5.56 Å². The molecule has 2 aliphatic heterocycles. The number of ether oxygens (including phenoxy) is 2. The van der Waals surface area contributed by atoms with Crippen molar-refractivity contribution in [3.8, 4) is 11.5 Å². The summed E-state index contributed by atoms with van der Waals surface area (Å²) in [6.07, 6.45) is 3.87. The van der Waals surface area contributed by atoms with Gasteiger partial charge in [-0.25, -0.2) is 4.98 Å². The van der Waals surface area contributed by atoms with Crippen molar-refractivity contribution >= 4 is 5.71 Å². The van der Waals surface area contributed by atoms with Crippen LogP contribution in [0, 0.1) is 0 Å². The molecule has 1 aromatic carbocycles. The van der Waals surface area contributed by atoms with Crippen molar-refractivity contribution < 1.29 is 9.47 Å². The lowest BCUT2D eigenvalue weighted by Gasteiger charge is -2.28. The van der Waals surface area contributed by atoms with Crippen LogP contribution in [-0.4, -0.2) is 47.9 Å². The van der Waals surface area contributed by atoms with E-state index in [2.05, 4.69) is 14.9 Å². The highest BCUT2D eigenvalue weighted by atomic mass is 16.5. The standard InChI is InChI=1S/C21H26N4O3/c1-27-15-6-7-19(28-2)14(11-15)12-25-10-8-17-16(13-25)21(26)24-20(23-17)18-5-3-4-9-22-18/h6-7,11H,3-5,8-10,12-13H2,1-2H3,(H,23,24,26). The second-order valence-corrected chi connectivity index (χ2v) is 7.26. The number of rotatable bonds is 5. The van der Waals surface area contributed by atoms with E-state index in [-0.39, 0.29) is 5.56 Å². The van der Waals surface area contributed by atoms with Crippen LogP contribution in [0.5, 0.6) is 11.5 Å². The molecule has 0 saturated carbocycles. The SMILES string of the molecule is COc1ccc(OC)c(CN2CCc3nc(C4=NCCCC4)[nH]c(=O)c3C2)c1. The van der Waals surface area contributed by atoms with Crippen LogP contribution in [-0.2, 0) is 19.5 Å². The number of aromatic nitrogens is 2. The molecule has 4 rings (SSSR count). The molecule has 1 N–H and O–H groups in total. The van der Waals surface area contributed by atoms with Crippen LogP contribution in [0.1, 0.15) is 41.9 Å². The summed E-state index contributed by atoms with van der Waals surface area (Å²) in [5.41, 5.74) is 3.60. The summed E-state index contributed by atoms with van der Waals surface area (Å²) in [4.78, 5) is 27.2. The van der Waals surface area contributed by atoms with E-state index in [0.717, 1.165) is 72.8 Å². The third-order valence-corrected chi connectivity index (χ3v) is 5.43. The maximum Gasteiger partial charge on any atom is 0.255 e. The van der Waals surface area contributed by atoms with Crippen molar-refractivity contribution in [1.82, 2.24) is 14.9 Å². The van der Waals surface area contributed by atoms with Crippen LogP contribution in [0.25, 0.3) is 0 Å². The number of nitrogens with one attached hydrogen (secondary N) is 1. The van der Waals surface area contributed by atoms with E-state index in [1.165, 1.54) is 0 Å². The lowest BCUT2D eigenvalue weighted by Crippen LogP contribution is -2.36. The minimum Gasteiger partial charge on any atom is -0.497 e. The average molecular weight is 382 g/mol. The van der Waals surface area contributed by atoms with Gasteiger partial charge in [-0.2, -0.15) is 0 Å². The van der Waals surface area contributed by atoms with Crippen LogP contribution in [0.2, 0.25) is 0 Å². The highest BCUT2D eigenvalue weighted by molar-refractivity contribution is 5.97. The lowest BCUT2D eigenvalue weighted by molar-refractivity contribution is 0.237. The van der Waals surface area contributed by atoms with E-state index in [4.69, 9.17) is 14.5 Å². The Morgan fingerprint density at radius 1 is 1.18 bits per heavy atom. The molecule has 28 heavy (non-hydrogen) atoms. The van der Waals surface area contributed by atoms with Crippen LogP contribution in [0.15, 0.2) is 28.0 Å². The highest BCUT2D eigenvalue weighted by Crippen LogP contribution is 2.27. The summed E-state index contributed by atoms with van der Waals surface area (Å²) in [6, 6.07) is 5.79. The third kappa shape index (κ3) is 3.80. The fraction of sp³-hybridized carbons (Fsp3) is 0.476. The fourth-order valence-corrected chi connectivity index (χ4v) is 3.89. The summed E-state index contributed by atoms with van der Waals surface area (Å²) >= 11 is 0. The molecule has 148 valence electrons. The molecule has 3 heterocycles. The largest absolute Gasteiger partial charge is 0.497 e. The Morgan fingerprint density at radius 3 is 2.82 bits per heavy atom. The Labute approximate surface area is 164 Å². The molecule has 0 radical (unpaired) electrons. The van der Waals surface area contributed by atoms with E-state index in [0.29, 0.717) is 18.9 Å². The van der Waals surface area contributed by atoms with Crippen LogP contribution in [0.3, 0.4) is 0 Å². The molecule has 0 spiro atoms. The van der Waals surface area contributed by atoms with E-state index in [9.17, 15) is 4.79 Å². The maximum absolute atomic E-state index is 12.7. The van der Waals surface area contributed by atoms with Crippen LogP contribution < -0.4 is 15.0 Å². The molecule has 0 saturated heterocycles. The maximum atomic E-state index is 12.7. The predicted molar refractivity (Wildman–Crippen MR) is 107 cm³/mol. The van der Waals surface area contributed by atoms with Crippen molar-refractivity contribution in [2.75, 3.05) is 27.3 Å². The first-order valence-corrected chi connectivity index (χ1v) is 9.77. The molecule has 0 aliphatic carbocycles. The molecular formula is C21H26N4O3. The Morgan fingerprint density at radius 2 is 2.07 bits per heavy atom. The second kappa shape index (κ2) is 8.14. The van der Waals surface area contributed by atoms with Gasteiger partial charge in [0.05, 0.1) is 31.2 Å². The summed E-state index contributed by atoms with van der Waals surface area (Å²) < 4.78 is 10.8. The topological polar surface area (TPSA) is 79.8 Å². The smallest absolute Gasteiger partial charge is 0.255 e. The van der Waals surface area contributed by atoms with Crippen molar-refractivity contribution in [2.24, 2.45) is 4.99 Å². The molecule has 2 aromatic rings. The number of methoxy groups -OCH3 is 2. The van der Waals surface area contributed by atoms with E-state index < -0.39 is 0 Å². The molecule has 0 fully saturated rings. The van der Waals surface area contributed by atoms with Gasteiger partial charge < -0.3 is 14.5 Å². The van der Waals surface area contributed by atoms with Crippen molar-refractivity contribution in [3.63, 3.8) is 0 Å². The zero-order valence-corrected chi connectivity index (χ0v) is 16.5. The number of hydrogen-bond donors (Lipinski definition) is 1. The quantitative estimate of drug-likeness (QED) is 0.858. The van der Waals surface area contributed by atoms with Crippen LogP contribution >= 0.6 is 0 Å². The number of fused-ring (bicyclic) bond motifs is 1. The minimum atomic E-state index is -0.0458.